The van der Waals surface area contributed by atoms with Crippen LogP contribution in [0.5, 0.6) is 0 Å². The number of rotatable bonds is 1. The van der Waals surface area contributed by atoms with E-state index in [4.69, 9.17) is 0 Å². The van der Waals surface area contributed by atoms with Crippen molar-refractivity contribution in [1.29, 1.82) is 0 Å². The van der Waals surface area contributed by atoms with Gasteiger partial charge < -0.3 is 4.57 Å². The van der Waals surface area contributed by atoms with Gasteiger partial charge in [0.15, 0.2) is 11.6 Å². The predicted octanol–water partition coefficient (Wildman–Crippen LogP) is 3.51. The van der Waals surface area contributed by atoms with Crippen molar-refractivity contribution >= 4 is 0 Å². The van der Waals surface area contributed by atoms with Crippen LogP contribution in [-0.4, -0.2) is 4.57 Å². The Morgan fingerprint density at radius 2 is 1.31 bits per heavy atom. The monoisotopic (exact) mass is 225 g/mol. The largest absolute Gasteiger partial charge is 0.313 e. The highest BCUT2D eigenvalue weighted by molar-refractivity contribution is 5.40. The maximum Gasteiger partial charge on any atom is 0.153 e. The van der Waals surface area contributed by atoms with E-state index in [1.165, 1.54) is 4.57 Å². The van der Waals surface area contributed by atoms with Gasteiger partial charge in [-0.2, -0.15) is 0 Å². The van der Waals surface area contributed by atoms with Crippen molar-refractivity contribution in [2.75, 3.05) is 0 Å². The van der Waals surface area contributed by atoms with Crippen molar-refractivity contribution in [3.05, 3.63) is 53.1 Å². The minimum atomic E-state index is -0.916. The summed E-state index contributed by atoms with van der Waals surface area (Å²) in [6.07, 6.45) is 0. The molecule has 0 aliphatic carbocycles. The van der Waals surface area contributed by atoms with Crippen LogP contribution in [0.4, 0.5) is 13.2 Å². The maximum atomic E-state index is 13.5. The highest BCUT2D eigenvalue weighted by Gasteiger charge is 2.15. The SMILES string of the molecule is Cc1ccc(C)n1-c1c(F)cc(F)cc1F. The van der Waals surface area contributed by atoms with Gasteiger partial charge in [0.25, 0.3) is 0 Å². The third-order valence-electron chi connectivity index (χ3n) is 2.48. The number of nitrogens with zero attached hydrogens (tertiary/aromatic N) is 1. The zero-order valence-corrected chi connectivity index (χ0v) is 8.89. The van der Waals surface area contributed by atoms with Crippen molar-refractivity contribution in [1.82, 2.24) is 4.57 Å². The third-order valence-corrected chi connectivity index (χ3v) is 2.48. The molecule has 4 heteroatoms. The van der Waals surface area contributed by atoms with Crippen LogP contribution in [0.25, 0.3) is 5.69 Å². The van der Waals surface area contributed by atoms with E-state index < -0.39 is 17.5 Å². The Balaban J connectivity index is 2.74. The van der Waals surface area contributed by atoms with Gasteiger partial charge in [-0.3, -0.25) is 0 Å². The van der Waals surface area contributed by atoms with E-state index >= 15 is 0 Å². The van der Waals surface area contributed by atoms with E-state index in [0.29, 0.717) is 23.5 Å². The minimum absolute atomic E-state index is 0.235. The lowest BCUT2D eigenvalue weighted by Gasteiger charge is -2.11. The molecular weight excluding hydrogens is 215 g/mol. The van der Waals surface area contributed by atoms with E-state index in [2.05, 4.69) is 0 Å². The van der Waals surface area contributed by atoms with Crippen LogP contribution >= 0.6 is 0 Å². The highest BCUT2D eigenvalue weighted by Crippen LogP contribution is 2.23. The van der Waals surface area contributed by atoms with Crippen LogP contribution in [0.3, 0.4) is 0 Å². The van der Waals surface area contributed by atoms with Crippen LogP contribution in [0, 0.1) is 31.3 Å². The lowest BCUT2D eigenvalue weighted by atomic mass is 10.2. The number of hydrogen-bond donors (Lipinski definition) is 0. The van der Waals surface area contributed by atoms with Gasteiger partial charge in [-0.1, -0.05) is 0 Å². The molecule has 0 saturated carbocycles. The molecule has 1 aromatic carbocycles. The lowest BCUT2D eigenvalue weighted by Crippen LogP contribution is -2.05. The van der Waals surface area contributed by atoms with Crippen molar-refractivity contribution < 1.29 is 13.2 Å². The van der Waals surface area contributed by atoms with Crippen LogP contribution in [0.15, 0.2) is 24.3 Å². The summed E-state index contributed by atoms with van der Waals surface area (Å²) in [7, 11) is 0. The Kier molecular flexibility index (Phi) is 2.50. The summed E-state index contributed by atoms with van der Waals surface area (Å²) in [5.41, 5.74) is 1.16. The third kappa shape index (κ3) is 1.60. The van der Waals surface area contributed by atoms with Crippen LogP contribution < -0.4 is 0 Å². The second-order valence-electron chi connectivity index (χ2n) is 3.67. The fourth-order valence-corrected chi connectivity index (χ4v) is 1.77. The average Bonchev–Trinajstić information content (AvgIpc) is 2.47. The summed E-state index contributed by atoms with van der Waals surface area (Å²) in [5.74, 6) is -2.72. The van der Waals surface area contributed by atoms with Gasteiger partial charge in [0.2, 0.25) is 0 Å². The van der Waals surface area contributed by atoms with Crippen molar-refractivity contribution in [2.45, 2.75) is 13.8 Å². The summed E-state index contributed by atoms with van der Waals surface area (Å²) in [5, 5.41) is 0. The number of aromatic nitrogens is 1. The number of hydrogen-bond acceptors (Lipinski definition) is 0. The minimum Gasteiger partial charge on any atom is -0.313 e. The van der Waals surface area contributed by atoms with E-state index in [9.17, 15) is 13.2 Å². The topological polar surface area (TPSA) is 4.93 Å². The fourth-order valence-electron chi connectivity index (χ4n) is 1.77. The first-order chi connectivity index (χ1) is 7.50. The molecule has 0 saturated heterocycles. The molecule has 0 bridgehead atoms. The van der Waals surface area contributed by atoms with Crippen molar-refractivity contribution in [3.63, 3.8) is 0 Å². The molecule has 84 valence electrons. The van der Waals surface area contributed by atoms with Crippen LogP contribution in [-0.2, 0) is 0 Å². The Morgan fingerprint density at radius 1 is 0.875 bits per heavy atom. The molecule has 0 amide bonds. The average molecular weight is 225 g/mol. The van der Waals surface area contributed by atoms with Gasteiger partial charge in [-0.25, -0.2) is 13.2 Å². The lowest BCUT2D eigenvalue weighted by molar-refractivity contribution is 0.532. The molecule has 2 aromatic rings. The smallest absolute Gasteiger partial charge is 0.153 e. The second kappa shape index (κ2) is 3.70. The summed E-state index contributed by atoms with van der Waals surface area (Å²) in [4.78, 5) is 0. The number of benzene rings is 1. The molecular formula is C12H10F3N. The molecule has 1 heterocycles. The molecule has 0 aliphatic heterocycles. The Morgan fingerprint density at radius 3 is 1.75 bits per heavy atom. The van der Waals surface area contributed by atoms with Gasteiger partial charge in [0.1, 0.15) is 11.5 Å². The first-order valence-corrected chi connectivity index (χ1v) is 4.80. The molecule has 0 fully saturated rings. The van der Waals surface area contributed by atoms with Gasteiger partial charge in [-0.05, 0) is 26.0 Å². The molecule has 0 atom stereocenters. The zero-order valence-electron chi connectivity index (χ0n) is 8.89. The Bertz CT molecular complexity index is 501. The van der Waals surface area contributed by atoms with E-state index in [1.807, 2.05) is 0 Å². The summed E-state index contributed by atoms with van der Waals surface area (Å²) >= 11 is 0. The van der Waals surface area contributed by atoms with Crippen LogP contribution in [0.1, 0.15) is 11.4 Å². The second-order valence-corrected chi connectivity index (χ2v) is 3.67. The molecule has 1 aromatic heterocycles. The standard InChI is InChI=1S/C12H10F3N/c1-7-3-4-8(2)16(7)12-10(14)5-9(13)6-11(12)15/h3-6H,1-2H3. The predicted molar refractivity (Wildman–Crippen MR) is 55.1 cm³/mol. The summed E-state index contributed by atoms with van der Waals surface area (Å²) in [6.45, 7) is 3.46. The Hall–Kier alpha value is -1.71. The molecule has 16 heavy (non-hydrogen) atoms. The number of halogens is 3. The zero-order chi connectivity index (χ0) is 11.9. The van der Waals surface area contributed by atoms with Crippen LogP contribution in [0.2, 0.25) is 0 Å². The first kappa shape index (κ1) is 10.8. The summed E-state index contributed by atoms with van der Waals surface area (Å²) < 4.78 is 41.2. The molecule has 0 spiro atoms. The Labute approximate surface area is 91.1 Å². The van der Waals surface area contributed by atoms with Crippen molar-refractivity contribution in [2.24, 2.45) is 0 Å². The van der Waals surface area contributed by atoms with Crippen molar-refractivity contribution in [3.8, 4) is 5.69 Å². The molecule has 0 radical (unpaired) electrons. The molecule has 1 nitrogen and oxygen atoms in total. The highest BCUT2D eigenvalue weighted by atomic mass is 19.1. The maximum absolute atomic E-state index is 13.5. The first-order valence-electron chi connectivity index (χ1n) is 4.80. The van der Waals surface area contributed by atoms with E-state index in [1.54, 1.807) is 26.0 Å². The fraction of sp³-hybridized carbons (Fsp3) is 0.167. The summed E-state index contributed by atoms with van der Waals surface area (Å²) in [6, 6.07) is 4.85. The molecule has 0 N–H and O–H groups in total. The van der Waals surface area contributed by atoms with E-state index in [-0.39, 0.29) is 5.69 Å². The molecule has 0 unspecified atom stereocenters. The van der Waals surface area contributed by atoms with Gasteiger partial charge >= 0.3 is 0 Å². The number of aryl methyl sites for hydroxylation is 2. The van der Waals surface area contributed by atoms with E-state index in [0.717, 1.165) is 0 Å². The quantitative estimate of drug-likeness (QED) is 0.699. The van der Waals surface area contributed by atoms with Gasteiger partial charge in [0, 0.05) is 23.5 Å². The van der Waals surface area contributed by atoms with Gasteiger partial charge in [0.05, 0.1) is 0 Å². The molecule has 2 rings (SSSR count). The molecule has 0 aliphatic rings. The van der Waals surface area contributed by atoms with Gasteiger partial charge in [-0.15, -0.1) is 0 Å². The normalized spacial score (nSPS) is 10.8.